The summed E-state index contributed by atoms with van der Waals surface area (Å²) >= 11 is 1.53. The van der Waals surface area contributed by atoms with Crippen LogP contribution in [0.2, 0.25) is 0 Å². The minimum atomic E-state index is 0.148. The third-order valence-electron chi connectivity index (χ3n) is 5.41. The van der Waals surface area contributed by atoms with Crippen LogP contribution >= 0.6 is 11.3 Å². The topological polar surface area (TPSA) is 61.5 Å². The van der Waals surface area contributed by atoms with Crippen molar-refractivity contribution in [2.75, 3.05) is 20.1 Å². The summed E-state index contributed by atoms with van der Waals surface area (Å²) in [6.07, 6.45) is 5.49. The van der Waals surface area contributed by atoms with Crippen molar-refractivity contribution < 1.29 is 9.53 Å². The Balaban J connectivity index is 1.28. The number of aryl methyl sites for hydroxylation is 1. The van der Waals surface area contributed by atoms with Gasteiger partial charge in [0.2, 0.25) is 0 Å². The molecule has 0 spiro atoms. The van der Waals surface area contributed by atoms with Gasteiger partial charge in [-0.2, -0.15) is 0 Å². The van der Waals surface area contributed by atoms with Crippen molar-refractivity contribution in [2.24, 2.45) is 0 Å². The van der Waals surface area contributed by atoms with Crippen molar-refractivity contribution in [3.8, 4) is 5.75 Å². The van der Waals surface area contributed by atoms with E-state index >= 15 is 0 Å². The van der Waals surface area contributed by atoms with Crippen molar-refractivity contribution in [2.45, 2.75) is 39.0 Å². The van der Waals surface area contributed by atoms with E-state index in [2.05, 4.69) is 34.0 Å². The minimum absolute atomic E-state index is 0.148. The van der Waals surface area contributed by atoms with Gasteiger partial charge in [0.15, 0.2) is 0 Å². The van der Waals surface area contributed by atoms with Gasteiger partial charge in [-0.05, 0) is 48.7 Å². The van der Waals surface area contributed by atoms with Gasteiger partial charge >= 0.3 is 0 Å². The van der Waals surface area contributed by atoms with Crippen LogP contribution in [0.3, 0.4) is 0 Å². The maximum atomic E-state index is 12.7. The predicted molar refractivity (Wildman–Crippen MR) is 119 cm³/mol. The lowest BCUT2D eigenvalue weighted by molar-refractivity contribution is 0.0599. The first-order valence-corrected chi connectivity index (χ1v) is 11.2. The average Bonchev–Trinajstić information content (AvgIpc) is 3.40. The van der Waals surface area contributed by atoms with Crippen LogP contribution < -0.4 is 4.74 Å². The van der Waals surface area contributed by atoms with Crippen LogP contribution in [0.1, 0.15) is 39.5 Å². The molecule has 158 valence electrons. The standard InChI is InChI=1S/C23H28N4O2S/c1-17-8-13-30-22(17)23(28)27-11-6-19(7-12-27)29-20-5-3-4-18(14-20)15-26(2)16-21-24-9-10-25-21/h3-5,8-10,13-14,19H,6-7,11-12,15-16H2,1-2H3,(H,24,25). The van der Waals surface area contributed by atoms with E-state index in [1.807, 2.05) is 41.6 Å². The number of hydrogen-bond donors (Lipinski definition) is 1. The smallest absolute Gasteiger partial charge is 0.264 e. The normalized spacial score (nSPS) is 15.0. The summed E-state index contributed by atoms with van der Waals surface area (Å²) in [5.74, 6) is 2.02. The average molecular weight is 425 g/mol. The molecule has 6 nitrogen and oxygen atoms in total. The summed E-state index contributed by atoms with van der Waals surface area (Å²) < 4.78 is 6.25. The predicted octanol–water partition coefficient (Wildman–Crippen LogP) is 4.10. The molecule has 1 fully saturated rings. The number of aromatic nitrogens is 2. The lowest BCUT2D eigenvalue weighted by Gasteiger charge is -2.32. The van der Waals surface area contributed by atoms with Crippen LogP contribution in [0.5, 0.6) is 5.75 Å². The maximum Gasteiger partial charge on any atom is 0.264 e. The zero-order valence-electron chi connectivity index (χ0n) is 17.5. The highest BCUT2D eigenvalue weighted by Crippen LogP contribution is 2.24. The summed E-state index contributed by atoms with van der Waals surface area (Å²) in [5, 5.41) is 1.98. The van der Waals surface area contributed by atoms with Crippen molar-refractivity contribution in [3.63, 3.8) is 0 Å². The second-order valence-electron chi connectivity index (χ2n) is 7.90. The van der Waals surface area contributed by atoms with Crippen molar-refractivity contribution in [3.05, 3.63) is 69.9 Å². The van der Waals surface area contributed by atoms with Gasteiger partial charge in [-0.1, -0.05) is 12.1 Å². The maximum absolute atomic E-state index is 12.7. The molecule has 1 N–H and O–H groups in total. The van der Waals surface area contributed by atoms with E-state index in [0.29, 0.717) is 0 Å². The molecule has 1 saturated heterocycles. The largest absolute Gasteiger partial charge is 0.490 e. The Hall–Kier alpha value is -2.64. The summed E-state index contributed by atoms with van der Waals surface area (Å²) in [5.41, 5.74) is 2.28. The number of hydrogen-bond acceptors (Lipinski definition) is 5. The zero-order chi connectivity index (χ0) is 20.9. The summed E-state index contributed by atoms with van der Waals surface area (Å²) in [4.78, 5) is 25.1. The fraction of sp³-hybridized carbons (Fsp3) is 0.391. The van der Waals surface area contributed by atoms with Gasteiger partial charge in [0.25, 0.3) is 5.91 Å². The molecule has 1 aromatic carbocycles. The molecular weight excluding hydrogens is 396 g/mol. The monoisotopic (exact) mass is 424 g/mol. The number of amides is 1. The third-order valence-corrected chi connectivity index (χ3v) is 6.42. The Morgan fingerprint density at radius 2 is 2.13 bits per heavy atom. The second kappa shape index (κ2) is 9.45. The first kappa shape index (κ1) is 20.6. The molecule has 1 aliphatic heterocycles. The number of aromatic amines is 1. The molecule has 0 aliphatic carbocycles. The van der Waals surface area contributed by atoms with Gasteiger partial charge in [0, 0.05) is 44.9 Å². The fourth-order valence-corrected chi connectivity index (χ4v) is 4.72. The number of nitrogens with one attached hydrogen (secondary N) is 1. The number of thiophene rings is 1. The Bertz CT molecular complexity index is 961. The van der Waals surface area contributed by atoms with Gasteiger partial charge in [-0.15, -0.1) is 11.3 Å². The van der Waals surface area contributed by atoms with E-state index in [1.54, 1.807) is 6.20 Å². The van der Waals surface area contributed by atoms with Gasteiger partial charge in [0.05, 0.1) is 11.4 Å². The molecular formula is C23H28N4O2S. The SMILES string of the molecule is Cc1ccsc1C(=O)N1CCC(Oc2cccc(CN(C)Cc3ncc[nH]3)c2)CC1. The molecule has 1 amide bonds. The Kier molecular flexibility index (Phi) is 6.50. The second-order valence-corrected chi connectivity index (χ2v) is 8.81. The van der Waals surface area contributed by atoms with Gasteiger partial charge < -0.3 is 14.6 Å². The number of ether oxygens (including phenoxy) is 1. The molecule has 4 rings (SSSR count). The van der Waals surface area contributed by atoms with Crippen molar-refractivity contribution in [1.29, 1.82) is 0 Å². The highest BCUT2D eigenvalue weighted by molar-refractivity contribution is 7.12. The number of carbonyl (C=O) groups excluding carboxylic acids is 1. The Morgan fingerprint density at radius 1 is 1.30 bits per heavy atom. The molecule has 1 aliphatic rings. The van der Waals surface area contributed by atoms with Crippen LogP contribution in [0, 0.1) is 6.92 Å². The number of benzene rings is 1. The molecule has 30 heavy (non-hydrogen) atoms. The fourth-order valence-electron chi connectivity index (χ4n) is 3.83. The minimum Gasteiger partial charge on any atom is -0.490 e. The van der Waals surface area contributed by atoms with Crippen LogP contribution in [0.25, 0.3) is 0 Å². The molecule has 2 aromatic heterocycles. The lowest BCUT2D eigenvalue weighted by atomic mass is 10.1. The van der Waals surface area contributed by atoms with Gasteiger partial charge in [-0.3, -0.25) is 9.69 Å². The molecule has 7 heteroatoms. The van der Waals surface area contributed by atoms with E-state index in [4.69, 9.17) is 4.74 Å². The first-order valence-electron chi connectivity index (χ1n) is 10.3. The number of nitrogens with zero attached hydrogens (tertiary/aromatic N) is 3. The summed E-state index contributed by atoms with van der Waals surface area (Å²) in [6, 6.07) is 10.3. The van der Waals surface area contributed by atoms with E-state index in [0.717, 1.165) is 61.0 Å². The molecule has 0 unspecified atom stereocenters. The third kappa shape index (κ3) is 5.09. The van der Waals surface area contributed by atoms with Gasteiger partial charge in [-0.25, -0.2) is 4.98 Å². The number of piperidine rings is 1. The quantitative estimate of drug-likeness (QED) is 0.620. The highest BCUT2D eigenvalue weighted by atomic mass is 32.1. The van der Waals surface area contributed by atoms with E-state index < -0.39 is 0 Å². The van der Waals surface area contributed by atoms with Crippen molar-refractivity contribution in [1.82, 2.24) is 19.8 Å². The Labute approximate surface area is 181 Å². The zero-order valence-corrected chi connectivity index (χ0v) is 18.3. The molecule has 0 saturated carbocycles. The number of carbonyl (C=O) groups is 1. The van der Waals surface area contributed by atoms with E-state index in [1.165, 1.54) is 16.9 Å². The molecule has 3 heterocycles. The Morgan fingerprint density at radius 3 is 2.83 bits per heavy atom. The van der Waals surface area contributed by atoms with Gasteiger partial charge in [0.1, 0.15) is 17.7 Å². The molecule has 0 bridgehead atoms. The number of imidazole rings is 1. The van der Waals surface area contributed by atoms with Crippen molar-refractivity contribution >= 4 is 17.2 Å². The molecule has 3 aromatic rings. The molecule has 0 atom stereocenters. The van der Waals surface area contributed by atoms with Crippen LogP contribution in [0.4, 0.5) is 0 Å². The number of likely N-dealkylation sites (tertiary alicyclic amines) is 1. The van der Waals surface area contributed by atoms with Crippen LogP contribution in [-0.4, -0.2) is 51.9 Å². The van der Waals surface area contributed by atoms with E-state index in [-0.39, 0.29) is 12.0 Å². The summed E-state index contributed by atoms with van der Waals surface area (Å²) in [7, 11) is 2.08. The highest BCUT2D eigenvalue weighted by Gasteiger charge is 2.26. The first-order chi connectivity index (χ1) is 14.6. The van der Waals surface area contributed by atoms with E-state index in [9.17, 15) is 4.79 Å². The molecule has 0 radical (unpaired) electrons. The summed E-state index contributed by atoms with van der Waals surface area (Å²) in [6.45, 7) is 5.08. The number of rotatable bonds is 7. The van der Waals surface area contributed by atoms with Crippen LogP contribution in [0.15, 0.2) is 48.1 Å². The lowest BCUT2D eigenvalue weighted by Crippen LogP contribution is -2.41. The van der Waals surface area contributed by atoms with Crippen LogP contribution in [-0.2, 0) is 13.1 Å². The number of H-pyrrole nitrogens is 1.